The number of hydrogen-bond donors (Lipinski definition) is 7. The lowest BCUT2D eigenvalue weighted by Crippen LogP contribution is -2.66. The second-order valence-electron chi connectivity index (χ2n) is 3.58. The molecule has 1 aliphatic rings. The summed E-state index contributed by atoms with van der Waals surface area (Å²) >= 11 is 0. The molecule has 0 aromatic rings. The van der Waals surface area contributed by atoms with Crippen LogP contribution in [0.2, 0.25) is 0 Å². The first-order valence-electron chi connectivity index (χ1n) is 4.43. The first-order chi connectivity index (χ1) is 6.86. The van der Waals surface area contributed by atoms with Crippen LogP contribution in [0, 0.1) is 0 Å². The van der Waals surface area contributed by atoms with Crippen molar-refractivity contribution in [3.05, 3.63) is 0 Å². The third kappa shape index (κ3) is 2.19. The van der Waals surface area contributed by atoms with Crippen molar-refractivity contribution in [2.24, 2.45) is 22.2 Å². The number of nitrogens with zero attached hydrogens (tertiary/aromatic N) is 1. The van der Waals surface area contributed by atoms with Crippen molar-refractivity contribution in [3.63, 3.8) is 0 Å². The predicted octanol–water partition coefficient (Wildman–Crippen LogP) is -4.59. The number of guanidine groups is 1. The van der Waals surface area contributed by atoms with E-state index < -0.39 is 36.5 Å². The van der Waals surface area contributed by atoms with Crippen molar-refractivity contribution in [2.75, 3.05) is 0 Å². The molecule has 1 fully saturated rings. The molecule has 0 aromatic carbocycles. The average Bonchev–Trinajstić information content (AvgIpc) is 2.18. The van der Waals surface area contributed by atoms with Crippen molar-refractivity contribution in [1.29, 1.82) is 0 Å². The lowest BCUT2D eigenvalue weighted by atomic mass is 9.82. The molecule has 0 bridgehead atoms. The van der Waals surface area contributed by atoms with E-state index in [1.54, 1.807) is 0 Å². The zero-order chi connectivity index (χ0) is 11.7. The van der Waals surface area contributed by atoms with E-state index in [2.05, 4.69) is 4.99 Å². The van der Waals surface area contributed by atoms with Gasteiger partial charge in [0.2, 0.25) is 0 Å². The largest absolute Gasteiger partial charge is 0.389 e. The Morgan fingerprint density at radius 2 is 1.40 bits per heavy atom. The Balaban J connectivity index is 2.91. The molecule has 0 aromatic heterocycles. The summed E-state index contributed by atoms with van der Waals surface area (Å²) in [4.78, 5) is 3.55. The summed E-state index contributed by atoms with van der Waals surface area (Å²) in [6, 6.07) is -2.25. The second-order valence-corrected chi connectivity index (χ2v) is 3.58. The molecule has 8 heteroatoms. The van der Waals surface area contributed by atoms with Gasteiger partial charge in [-0.15, -0.1) is 0 Å². The van der Waals surface area contributed by atoms with Crippen LogP contribution >= 0.6 is 0 Å². The van der Waals surface area contributed by atoms with Gasteiger partial charge in [0.25, 0.3) is 0 Å². The molecule has 1 saturated carbocycles. The SMILES string of the molecule is NC(N)=NC1C(O)C(N)C(O)C(O)C1O. The van der Waals surface area contributed by atoms with Gasteiger partial charge in [0, 0.05) is 0 Å². The van der Waals surface area contributed by atoms with Crippen LogP contribution in [0.15, 0.2) is 4.99 Å². The number of aliphatic hydroxyl groups excluding tert-OH is 4. The average molecular weight is 220 g/mol. The maximum absolute atomic E-state index is 9.57. The molecule has 88 valence electrons. The minimum Gasteiger partial charge on any atom is -0.389 e. The normalized spacial score (nSPS) is 46.2. The highest BCUT2D eigenvalue weighted by atomic mass is 16.4. The molecule has 0 amide bonds. The summed E-state index contributed by atoms with van der Waals surface area (Å²) < 4.78 is 0. The number of hydrogen-bond acceptors (Lipinski definition) is 6. The van der Waals surface area contributed by atoms with Gasteiger partial charge in [-0.2, -0.15) is 0 Å². The molecule has 0 heterocycles. The highest BCUT2D eigenvalue weighted by Gasteiger charge is 2.47. The first kappa shape index (κ1) is 12.1. The van der Waals surface area contributed by atoms with Crippen LogP contribution in [0.4, 0.5) is 0 Å². The van der Waals surface area contributed by atoms with Gasteiger partial charge in [0.15, 0.2) is 5.96 Å². The molecule has 6 unspecified atom stereocenters. The number of aliphatic imine (C=N–C) groups is 1. The topological polar surface area (TPSA) is 171 Å². The summed E-state index contributed by atoms with van der Waals surface area (Å²) in [6.45, 7) is 0. The van der Waals surface area contributed by atoms with E-state index in [0.717, 1.165) is 0 Å². The van der Waals surface area contributed by atoms with Gasteiger partial charge in [0.1, 0.15) is 24.4 Å². The number of nitrogens with two attached hydrogens (primary N) is 3. The maximum Gasteiger partial charge on any atom is 0.186 e. The van der Waals surface area contributed by atoms with E-state index in [9.17, 15) is 20.4 Å². The van der Waals surface area contributed by atoms with Crippen molar-refractivity contribution < 1.29 is 20.4 Å². The molecule has 6 atom stereocenters. The molecule has 10 N–H and O–H groups in total. The minimum atomic E-state index is -1.49. The van der Waals surface area contributed by atoms with Crippen LogP contribution in [0.25, 0.3) is 0 Å². The van der Waals surface area contributed by atoms with Crippen LogP contribution in [0.5, 0.6) is 0 Å². The molecule has 0 aliphatic heterocycles. The standard InChI is InChI=1S/C7H16N4O4/c8-1-3(12)2(11-7(9)10)5(14)6(15)4(1)13/h1-6,12-15H,8H2,(H4,9,10,11). The molecule has 15 heavy (non-hydrogen) atoms. The minimum absolute atomic E-state index is 0.339. The van der Waals surface area contributed by atoms with Gasteiger partial charge in [-0.3, -0.25) is 0 Å². The lowest BCUT2D eigenvalue weighted by molar-refractivity contribution is -0.136. The number of aliphatic hydroxyl groups is 4. The van der Waals surface area contributed by atoms with Gasteiger partial charge in [-0.25, -0.2) is 4.99 Å². The molecule has 0 saturated heterocycles. The van der Waals surface area contributed by atoms with E-state index in [-0.39, 0.29) is 5.96 Å². The molecular formula is C7H16N4O4. The van der Waals surface area contributed by atoms with E-state index in [4.69, 9.17) is 17.2 Å². The monoisotopic (exact) mass is 220 g/mol. The molecule has 8 nitrogen and oxygen atoms in total. The van der Waals surface area contributed by atoms with Crippen LogP contribution in [-0.4, -0.2) is 62.9 Å². The van der Waals surface area contributed by atoms with Crippen LogP contribution in [0.3, 0.4) is 0 Å². The van der Waals surface area contributed by atoms with E-state index in [1.807, 2.05) is 0 Å². The summed E-state index contributed by atoms with van der Waals surface area (Å²) in [5.41, 5.74) is 15.6. The summed E-state index contributed by atoms with van der Waals surface area (Å²) in [5.74, 6) is -0.339. The van der Waals surface area contributed by atoms with Gasteiger partial charge >= 0.3 is 0 Å². The molecule has 0 spiro atoms. The van der Waals surface area contributed by atoms with Gasteiger partial charge in [-0.1, -0.05) is 0 Å². The van der Waals surface area contributed by atoms with Crippen molar-refractivity contribution in [2.45, 2.75) is 36.5 Å². The van der Waals surface area contributed by atoms with Gasteiger partial charge in [0.05, 0.1) is 12.1 Å². The third-order valence-electron chi connectivity index (χ3n) is 2.49. The Hall–Kier alpha value is -0.930. The first-order valence-corrected chi connectivity index (χ1v) is 4.43. The second kappa shape index (κ2) is 4.29. The molecule has 1 rings (SSSR count). The summed E-state index contributed by atoms with van der Waals surface area (Å²) in [6.07, 6.45) is -5.69. The molecule has 0 radical (unpaired) electrons. The Morgan fingerprint density at radius 1 is 0.867 bits per heavy atom. The molecular weight excluding hydrogens is 204 g/mol. The quantitative estimate of drug-likeness (QED) is 0.172. The summed E-state index contributed by atoms with van der Waals surface area (Å²) in [7, 11) is 0. The van der Waals surface area contributed by atoms with E-state index >= 15 is 0 Å². The van der Waals surface area contributed by atoms with Crippen molar-refractivity contribution in [3.8, 4) is 0 Å². The Bertz CT molecular complexity index is 241. The zero-order valence-corrected chi connectivity index (χ0v) is 7.93. The Kier molecular flexibility index (Phi) is 3.47. The van der Waals surface area contributed by atoms with Crippen molar-refractivity contribution >= 4 is 5.96 Å². The fourth-order valence-electron chi connectivity index (χ4n) is 1.59. The fourth-order valence-corrected chi connectivity index (χ4v) is 1.59. The van der Waals surface area contributed by atoms with E-state index in [0.29, 0.717) is 0 Å². The summed E-state index contributed by atoms with van der Waals surface area (Å²) in [5, 5.41) is 37.8. The fraction of sp³-hybridized carbons (Fsp3) is 0.857. The van der Waals surface area contributed by atoms with Crippen LogP contribution in [-0.2, 0) is 0 Å². The predicted molar refractivity (Wildman–Crippen MR) is 51.6 cm³/mol. The van der Waals surface area contributed by atoms with Gasteiger partial charge in [-0.05, 0) is 0 Å². The smallest absolute Gasteiger partial charge is 0.186 e. The molecule has 1 aliphatic carbocycles. The van der Waals surface area contributed by atoms with Crippen molar-refractivity contribution in [1.82, 2.24) is 0 Å². The van der Waals surface area contributed by atoms with E-state index in [1.165, 1.54) is 0 Å². The van der Waals surface area contributed by atoms with Crippen LogP contribution in [0.1, 0.15) is 0 Å². The third-order valence-corrected chi connectivity index (χ3v) is 2.49. The Labute approximate surface area is 86.0 Å². The highest BCUT2D eigenvalue weighted by molar-refractivity contribution is 5.76. The van der Waals surface area contributed by atoms with Gasteiger partial charge < -0.3 is 37.6 Å². The highest BCUT2D eigenvalue weighted by Crippen LogP contribution is 2.22. The Morgan fingerprint density at radius 3 is 1.87 bits per heavy atom. The van der Waals surface area contributed by atoms with Crippen LogP contribution < -0.4 is 17.2 Å². The maximum atomic E-state index is 9.57. The lowest BCUT2D eigenvalue weighted by Gasteiger charge is -2.40. The number of rotatable bonds is 1. The zero-order valence-electron chi connectivity index (χ0n) is 7.93.